The standard InChI is InChI=1S/C14H15FN2O2/c1-9-8-10(2)17(16-9)14(18)11(3)19-13-6-4-12(15)5-7-13/h4-8,11H,1-3H3. The molecule has 2 rings (SSSR count). The smallest absolute Gasteiger partial charge is 0.287 e. The number of carbonyl (C=O) groups is 1. The summed E-state index contributed by atoms with van der Waals surface area (Å²) in [5.41, 5.74) is 1.54. The van der Waals surface area contributed by atoms with E-state index in [2.05, 4.69) is 5.10 Å². The number of hydrogen-bond donors (Lipinski definition) is 0. The first-order valence-electron chi connectivity index (χ1n) is 5.97. The van der Waals surface area contributed by atoms with Gasteiger partial charge < -0.3 is 4.74 Å². The molecule has 2 aromatic rings. The third kappa shape index (κ3) is 2.99. The number of halogens is 1. The van der Waals surface area contributed by atoms with E-state index < -0.39 is 6.10 Å². The van der Waals surface area contributed by atoms with E-state index in [4.69, 9.17) is 4.74 Å². The molecule has 1 aromatic carbocycles. The van der Waals surface area contributed by atoms with Crippen molar-refractivity contribution in [1.29, 1.82) is 0 Å². The molecule has 0 spiro atoms. The second-order valence-electron chi connectivity index (χ2n) is 4.39. The quantitative estimate of drug-likeness (QED) is 0.854. The van der Waals surface area contributed by atoms with Crippen LogP contribution in [0.5, 0.6) is 5.75 Å². The zero-order valence-electron chi connectivity index (χ0n) is 11.1. The molecule has 0 N–H and O–H groups in total. The molecule has 0 aliphatic rings. The van der Waals surface area contributed by atoms with Gasteiger partial charge in [-0.05, 0) is 51.1 Å². The highest BCUT2D eigenvalue weighted by molar-refractivity contribution is 5.83. The summed E-state index contributed by atoms with van der Waals surface area (Å²) in [5, 5.41) is 4.11. The van der Waals surface area contributed by atoms with Crippen LogP contribution >= 0.6 is 0 Å². The number of hydrogen-bond acceptors (Lipinski definition) is 3. The molecule has 4 nitrogen and oxygen atoms in total. The molecular weight excluding hydrogens is 247 g/mol. The fourth-order valence-electron chi connectivity index (χ4n) is 1.79. The van der Waals surface area contributed by atoms with Gasteiger partial charge in [0.05, 0.1) is 5.69 Å². The van der Waals surface area contributed by atoms with Gasteiger partial charge in [-0.1, -0.05) is 0 Å². The van der Waals surface area contributed by atoms with Crippen molar-refractivity contribution in [2.45, 2.75) is 26.9 Å². The first-order valence-corrected chi connectivity index (χ1v) is 5.97. The lowest BCUT2D eigenvalue weighted by molar-refractivity contribution is 0.0707. The third-order valence-corrected chi connectivity index (χ3v) is 2.69. The van der Waals surface area contributed by atoms with Gasteiger partial charge in [-0.15, -0.1) is 0 Å². The zero-order chi connectivity index (χ0) is 14.0. The summed E-state index contributed by atoms with van der Waals surface area (Å²) in [5.74, 6) is -0.149. The fraction of sp³-hybridized carbons (Fsp3) is 0.286. The van der Waals surface area contributed by atoms with Crippen LogP contribution in [-0.4, -0.2) is 21.8 Å². The van der Waals surface area contributed by atoms with E-state index in [1.165, 1.54) is 28.9 Å². The molecule has 1 heterocycles. The van der Waals surface area contributed by atoms with Gasteiger partial charge >= 0.3 is 0 Å². The maximum atomic E-state index is 12.8. The van der Waals surface area contributed by atoms with Gasteiger partial charge in [0.25, 0.3) is 5.91 Å². The summed E-state index contributed by atoms with van der Waals surface area (Å²) in [4.78, 5) is 12.2. The lowest BCUT2D eigenvalue weighted by Crippen LogP contribution is -2.30. The monoisotopic (exact) mass is 262 g/mol. The summed E-state index contributed by atoms with van der Waals surface area (Å²) < 4.78 is 19.6. The molecule has 1 unspecified atom stereocenters. The van der Waals surface area contributed by atoms with Gasteiger partial charge in [0.1, 0.15) is 11.6 Å². The van der Waals surface area contributed by atoms with Crippen LogP contribution in [-0.2, 0) is 0 Å². The number of rotatable bonds is 3. The topological polar surface area (TPSA) is 44.1 Å². The normalized spacial score (nSPS) is 12.2. The first-order chi connectivity index (χ1) is 8.97. The number of benzene rings is 1. The van der Waals surface area contributed by atoms with E-state index in [1.54, 1.807) is 6.92 Å². The van der Waals surface area contributed by atoms with E-state index in [1.807, 2.05) is 19.9 Å². The third-order valence-electron chi connectivity index (χ3n) is 2.69. The minimum Gasteiger partial charge on any atom is -0.481 e. The summed E-state index contributed by atoms with van der Waals surface area (Å²) in [6.45, 7) is 5.27. The molecule has 0 aliphatic heterocycles. The fourth-order valence-corrected chi connectivity index (χ4v) is 1.79. The number of carbonyl (C=O) groups excluding carboxylic acids is 1. The summed E-state index contributed by atoms with van der Waals surface area (Å²) >= 11 is 0. The second-order valence-corrected chi connectivity index (χ2v) is 4.39. The molecule has 19 heavy (non-hydrogen) atoms. The largest absolute Gasteiger partial charge is 0.481 e. The van der Waals surface area contributed by atoms with Crippen molar-refractivity contribution >= 4 is 5.91 Å². The van der Waals surface area contributed by atoms with Gasteiger partial charge in [0, 0.05) is 5.69 Å². The highest BCUT2D eigenvalue weighted by Gasteiger charge is 2.19. The van der Waals surface area contributed by atoms with Crippen LogP contribution in [0, 0.1) is 19.7 Å². The van der Waals surface area contributed by atoms with Crippen molar-refractivity contribution in [2.75, 3.05) is 0 Å². The van der Waals surface area contributed by atoms with Crippen molar-refractivity contribution in [3.8, 4) is 5.75 Å². The number of aryl methyl sites for hydroxylation is 2. The Morgan fingerprint density at radius 1 is 1.32 bits per heavy atom. The average molecular weight is 262 g/mol. The molecule has 0 amide bonds. The molecule has 100 valence electrons. The minimum atomic E-state index is -0.691. The lowest BCUT2D eigenvalue weighted by atomic mass is 10.3. The van der Waals surface area contributed by atoms with Crippen molar-refractivity contribution in [2.24, 2.45) is 0 Å². The highest BCUT2D eigenvalue weighted by Crippen LogP contribution is 2.14. The molecule has 0 fully saturated rings. The van der Waals surface area contributed by atoms with Crippen LogP contribution in [0.25, 0.3) is 0 Å². The van der Waals surface area contributed by atoms with Crippen LogP contribution in [0.4, 0.5) is 4.39 Å². The summed E-state index contributed by atoms with van der Waals surface area (Å²) in [6.07, 6.45) is -0.691. The van der Waals surface area contributed by atoms with Crippen molar-refractivity contribution in [3.63, 3.8) is 0 Å². The van der Waals surface area contributed by atoms with Crippen molar-refractivity contribution < 1.29 is 13.9 Å². The van der Waals surface area contributed by atoms with Gasteiger partial charge in [-0.3, -0.25) is 4.79 Å². The Morgan fingerprint density at radius 2 is 1.95 bits per heavy atom. The van der Waals surface area contributed by atoms with Crippen LogP contribution in [0.15, 0.2) is 30.3 Å². The molecule has 0 saturated carbocycles. The molecule has 1 atom stereocenters. The second kappa shape index (κ2) is 5.22. The number of nitrogens with zero attached hydrogens (tertiary/aromatic N) is 2. The van der Waals surface area contributed by atoms with Crippen LogP contribution < -0.4 is 4.74 Å². The Hall–Kier alpha value is -2.17. The van der Waals surface area contributed by atoms with Crippen LogP contribution in [0.1, 0.15) is 23.1 Å². The lowest BCUT2D eigenvalue weighted by Gasteiger charge is -2.14. The van der Waals surface area contributed by atoms with Crippen LogP contribution in [0.2, 0.25) is 0 Å². The summed E-state index contributed by atoms with van der Waals surface area (Å²) in [6, 6.07) is 7.37. The molecular formula is C14H15FN2O2. The Balaban J connectivity index is 2.11. The Bertz CT molecular complexity index is 590. The predicted molar refractivity (Wildman–Crippen MR) is 68.8 cm³/mol. The minimum absolute atomic E-state index is 0.255. The first kappa shape index (κ1) is 13.3. The molecule has 0 saturated heterocycles. The Labute approximate surface area is 110 Å². The van der Waals surface area contributed by atoms with Gasteiger partial charge in [0.15, 0.2) is 6.10 Å². The number of aromatic nitrogens is 2. The molecule has 0 radical (unpaired) electrons. The number of ether oxygens (including phenoxy) is 1. The maximum absolute atomic E-state index is 12.8. The van der Waals surface area contributed by atoms with Gasteiger partial charge in [-0.2, -0.15) is 5.10 Å². The van der Waals surface area contributed by atoms with Gasteiger partial charge in [0.2, 0.25) is 0 Å². The van der Waals surface area contributed by atoms with E-state index in [0.717, 1.165) is 11.4 Å². The SMILES string of the molecule is Cc1cc(C)n(C(=O)C(C)Oc2ccc(F)cc2)n1. The molecule has 1 aromatic heterocycles. The average Bonchev–Trinajstić information content (AvgIpc) is 2.70. The predicted octanol–water partition coefficient (Wildman–Crippen LogP) is 2.75. The van der Waals surface area contributed by atoms with Crippen LogP contribution in [0.3, 0.4) is 0 Å². The van der Waals surface area contributed by atoms with E-state index in [0.29, 0.717) is 5.75 Å². The maximum Gasteiger partial charge on any atom is 0.287 e. The van der Waals surface area contributed by atoms with E-state index in [9.17, 15) is 9.18 Å². The van der Waals surface area contributed by atoms with Crippen molar-refractivity contribution in [1.82, 2.24) is 9.78 Å². The molecule has 5 heteroatoms. The summed E-state index contributed by atoms with van der Waals surface area (Å²) in [7, 11) is 0. The van der Waals surface area contributed by atoms with Crippen molar-refractivity contribution in [3.05, 3.63) is 47.5 Å². The van der Waals surface area contributed by atoms with E-state index >= 15 is 0 Å². The molecule has 0 bridgehead atoms. The molecule has 0 aliphatic carbocycles. The Kier molecular flexibility index (Phi) is 3.64. The zero-order valence-corrected chi connectivity index (χ0v) is 11.1. The van der Waals surface area contributed by atoms with E-state index in [-0.39, 0.29) is 11.7 Å². The van der Waals surface area contributed by atoms with Gasteiger partial charge in [-0.25, -0.2) is 9.07 Å². The highest BCUT2D eigenvalue weighted by atomic mass is 19.1. The Morgan fingerprint density at radius 3 is 2.47 bits per heavy atom.